The second-order valence-electron chi connectivity index (χ2n) is 21.4. The molecule has 0 unspecified atom stereocenters. The van der Waals surface area contributed by atoms with Crippen LogP contribution in [0.5, 0.6) is 0 Å². The summed E-state index contributed by atoms with van der Waals surface area (Å²) in [6.45, 7) is 16.8. The average Bonchev–Trinajstić information content (AvgIpc) is 3.33. The number of hydrogen-bond donors (Lipinski definition) is 2. The number of carbonyl (C=O) groups excluding carboxylic acids is 2. The van der Waals surface area contributed by atoms with Crippen molar-refractivity contribution in [2.75, 3.05) is 11.5 Å². The molecule has 0 radical (unpaired) electrons. The van der Waals surface area contributed by atoms with Crippen LogP contribution in [-0.2, 0) is 48.3 Å². The Morgan fingerprint density at radius 3 is 1.10 bits per heavy atom. The third-order valence-corrected chi connectivity index (χ3v) is 20.7. The van der Waals surface area contributed by atoms with Crippen LogP contribution in [0.1, 0.15) is 162 Å². The van der Waals surface area contributed by atoms with Crippen molar-refractivity contribution < 1.29 is 55.7 Å². The fourth-order valence-corrected chi connectivity index (χ4v) is 13.1. The minimum Gasteiger partial charge on any atom is -0.481 e. The number of rotatable bonds is 18. The SMILES string of the molecule is C.CC[C@@H](CS(=O)(=O)C(C)(C)C)N1C(=O)[C@@](CC)(CC(=O)O)O[C@H](c2cccc(Cl)c2)[C@H]1c1ccc(Cl)cc1.CC[C@@H](CS(=O)(=O)C(C)(C)C)N1C(=O)[C@](CC)(CC(=O)O)O[C@H](c2cccc(Cl)c2)[C@H]1c1ccc(Cl)cc1. The lowest BCUT2D eigenvalue weighted by Gasteiger charge is -2.52. The number of aliphatic carboxylic acids is 2. The Kier molecular flexibility index (Phi) is 21.9. The summed E-state index contributed by atoms with van der Waals surface area (Å²) in [7, 11) is -7.29. The molecule has 0 bridgehead atoms. The summed E-state index contributed by atoms with van der Waals surface area (Å²) in [6.07, 6.45) is -1.93. The topological polar surface area (TPSA) is 202 Å². The van der Waals surface area contributed by atoms with E-state index in [9.17, 15) is 46.2 Å². The minimum absolute atomic E-state index is 0. The molecule has 0 saturated carbocycles. The first-order valence-corrected chi connectivity index (χ1v) is 30.0. The summed E-state index contributed by atoms with van der Waals surface area (Å²) >= 11 is 25.0. The zero-order chi connectivity index (χ0) is 56.9. The Hall–Kier alpha value is -4.26. The van der Waals surface area contributed by atoms with Crippen molar-refractivity contribution in [1.29, 1.82) is 0 Å². The van der Waals surface area contributed by atoms with Gasteiger partial charge in [0, 0.05) is 32.2 Å². The number of carboxylic acid groups (broad SMARTS) is 2. The number of nitrogens with zero attached hydrogens (tertiary/aromatic N) is 2. The highest BCUT2D eigenvalue weighted by Gasteiger charge is 2.57. The zero-order valence-corrected chi connectivity index (χ0v) is 49.2. The van der Waals surface area contributed by atoms with E-state index in [1.165, 1.54) is 0 Å². The van der Waals surface area contributed by atoms with Gasteiger partial charge in [0.25, 0.3) is 11.8 Å². The molecule has 14 nitrogen and oxygen atoms in total. The molecule has 77 heavy (non-hydrogen) atoms. The van der Waals surface area contributed by atoms with Crippen molar-refractivity contribution in [2.24, 2.45) is 0 Å². The number of benzene rings is 4. The number of hydrogen-bond acceptors (Lipinski definition) is 10. The van der Waals surface area contributed by atoms with Crippen LogP contribution in [0.25, 0.3) is 0 Å². The van der Waals surface area contributed by atoms with Gasteiger partial charge in [0.05, 0.1) is 45.9 Å². The van der Waals surface area contributed by atoms with Gasteiger partial charge in [0.15, 0.2) is 30.9 Å². The van der Waals surface area contributed by atoms with Crippen LogP contribution < -0.4 is 0 Å². The molecule has 4 aromatic rings. The lowest BCUT2D eigenvalue weighted by atomic mass is 9.84. The fourth-order valence-electron chi connectivity index (χ4n) is 9.61. The summed E-state index contributed by atoms with van der Waals surface area (Å²) in [5, 5.41) is 21.5. The molecule has 4 aromatic carbocycles. The Morgan fingerprint density at radius 1 is 0.545 bits per heavy atom. The molecule has 2 heterocycles. The Labute approximate surface area is 475 Å². The Balaban J connectivity index is 0.000000328. The first-order valence-electron chi connectivity index (χ1n) is 25.2. The molecule has 8 atom stereocenters. The first-order chi connectivity index (χ1) is 35.3. The molecule has 424 valence electrons. The molecule has 6 rings (SSSR count). The van der Waals surface area contributed by atoms with Crippen LogP contribution in [0, 0.1) is 0 Å². The summed E-state index contributed by atoms with van der Waals surface area (Å²) in [4.78, 5) is 55.7. The van der Waals surface area contributed by atoms with E-state index in [1.807, 2.05) is 26.0 Å². The third-order valence-electron chi connectivity index (χ3n) is 14.3. The highest BCUT2D eigenvalue weighted by molar-refractivity contribution is 7.93. The van der Waals surface area contributed by atoms with E-state index in [0.717, 1.165) is 0 Å². The van der Waals surface area contributed by atoms with Gasteiger partial charge >= 0.3 is 11.9 Å². The summed E-state index contributed by atoms with van der Waals surface area (Å²) in [5.41, 5.74) is -0.737. The van der Waals surface area contributed by atoms with Gasteiger partial charge in [-0.25, -0.2) is 16.8 Å². The maximum Gasteiger partial charge on any atom is 0.306 e. The van der Waals surface area contributed by atoms with Gasteiger partial charge < -0.3 is 29.5 Å². The Bertz CT molecular complexity index is 2750. The number of sulfone groups is 2. The molecule has 2 fully saturated rings. The molecule has 2 saturated heterocycles. The lowest BCUT2D eigenvalue weighted by molar-refractivity contribution is -0.210. The molecule has 2 aliphatic rings. The van der Waals surface area contributed by atoms with Crippen molar-refractivity contribution in [3.05, 3.63) is 139 Å². The van der Waals surface area contributed by atoms with Crippen LogP contribution in [0.15, 0.2) is 97.1 Å². The molecule has 0 spiro atoms. The van der Waals surface area contributed by atoms with Crippen LogP contribution in [0.3, 0.4) is 0 Å². The van der Waals surface area contributed by atoms with Gasteiger partial charge in [-0.15, -0.1) is 0 Å². The smallest absolute Gasteiger partial charge is 0.306 e. The van der Waals surface area contributed by atoms with E-state index in [0.29, 0.717) is 55.2 Å². The van der Waals surface area contributed by atoms with E-state index < -0.39 is 113 Å². The quantitative estimate of drug-likeness (QED) is 0.0956. The summed E-state index contributed by atoms with van der Waals surface area (Å²) < 4.78 is 64.4. The summed E-state index contributed by atoms with van der Waals surface area (Å²) in [5.74, 6) is -4.03. The molecule has 0 aromatic heterocycles. The second kappa shape index (κ2) is 25.9. The minimum atomic E-state index is -3.64. The molecule has 2 N–H and O–H groups in total. The van der Waals surface area contributed by atoms with Gasteiger partial charge in [-0.3, -0.25) is 19.2 Å². The van der Waals surface area contributed by atoms with Gasteiger partial charge in [0.1, 0.15) is 12.2 Å². The monoisotopic (exact) mass is 1180 g/mol. The van der Waals surface area contributed by atoms with Crippen molar-refractivity contribution >= 4 is 89.8 Å². The fraction of sp³-hybridized carbons (Fsp3) is 0.509. The van der Waals surface area contributed by atoms with E-state index >= 15 is 0 Å². The molecule has 2 aliphatic heterocycles. The highest BCUT2D eigenvalue weighted by Crippen LogP contribution is 2.51. The van der Waals surface area contributed by atoms with Crippen LogP contribution >= 0.6 is 46.4 Å². The van der Waals surface area contributed by atoms with Gasteiger partial charge in [-0.05, 0) is 138 Å². The molecule has 20 heteroatoms. The van der Waals surface area contributed by atoms with Crippen LogP contribution in [0.2, 0.25) is 20.1 Å². The predicted octanol–water partition coefficient (Wildman–Crippen LogP) is 13.1. The van der Waals surface area contributed by atoms with Gasteiger partial charge in [-0.2, -0.15) is 0 Å². The van der Waals surface area contributed by atoms with E-state index in [4.69, 9.17) is 55.9 Å². The number of morpholine rings is 2. The number of halogens is 4. The Morgan fingerprint density at radius 2 is 0.857 bits per heavy atom. The zero-order valence-electron chi connectivity index (χ0n) is 44.6. The maximum absolute atomic E-state index is 14.3. The van der Waals surface area contributed by atoms with E-state index in [-0.39, 0.29) is 31.8 Å². The van der Waals surface area contributed by atoms with Gasteiger partial charge in [0.2, 0.25) is 0 Å². The number of carbonyl (C=O) groups is 4. The molecule has 0 aliphatic carbocycles. The van der Waals surface area contributed by atoms with Crippen molar-refractivity contribution in [3.63, 3.8) is 0 Å². The second-order valence-corrected chi connectivity index (χ2v) is 28.7. The van der Waals surface area contributed by atoms with E-state index in [2.05, 4.69) is 0 Å². The van der Waals surface area contributed by atoms with Crippen molar-refractivity contribution in [3.8, 4) is 0 Å². The number of amides is 2. The number of carboxylic acids is 2. The van der Waals surface area contributed by atoms with Gasteiger partial charge in [-0.1, -0.05) is 130 Å². The van der Waals surface area contributed by atoms with Crippen molar-refractivity contribution in [1.82, 2.24) is 9.80 Å². The average molecular weight is 1190 g/mol. The lowest BCUT2D eigenvalue weighted by Crippen LogP contribution is -2.62. The van der Waals surface area contributed by atoms with Crippen molar-refractivity contribution in [2.45, 2.75) is 172 Å². The largest absolute Gasteiger partial charge is 0.481 e. The highest BCUT2D eigenvalue weighted by atomic mass is 35.5. The predicted molar refractivity (Wildman–Crippen MR) is 305 cm³/mol. The third kappa shape index (κ3) is 14.8. The van der Waals surface area contributed by atoms with Crippen LogP contribution in [-0.4, -0.2) is 105 Å². The normalized spacial score (nSPS) is 23.0. The van der Waals surface area contributed by atoms with Crippen LogP contribution in [0.4, 0.5) is 0 Å². The first kappa shape index (κ1) is 65.3. The molecular weight excluding hydrogens is 1110 g/mol. The van der Waals surface area contributed by atoms with E-state index in [1.54, 1.807) is 150 Å². The standard InChI is InChI=1S/2C28H35Cl2NO6S.CH4/c2*1-6-22(17-38(35,36)27(3,4)5)31-24(18-11-13-20(29)14-12-18)25(19-9-8-10-21(30)15-19)37-28(7-2,26(31)34)16-23(32)33;/h2*8-15,22,24-25H,6-7,16-17H2,1-5H3,(H,32,33);1H4/t22-,24+,25+,28+;22-,24+,25+,28-;/m00./s1. The number of ether oxygens (including phenoxy) is 2. The molecule has 2 amide bonds. The molecular formula is C57H74Cl4N2O12S2. The maximum atomic E-state index is 14.3. The summed E-state index contributed by atoms with van der Waals surface area (Å²) in [6, 6.07) is 24.9.